The van der Waals surface area contributed by atoms with Crippen LogP contribution in [0.5, 0.6) is 0 Å². The highest BCUT2D eigenvalue weighted by atomic mass is 14.2. The second kappa shape index (κ2) is 7.01. The van der Waals surface area contributed by atoms with E-state index in [9.17, 15) is 0 Å². The van der Waals surface area contributed by atoms with Gasteiger partial charge in [0.25, 0.3) is 0 Å². The van der Waals surface area contributed by atoms with Crippen LogP contribution in [0.3, 0.4) is 0 Å². The zero-order valence-corrected chi connectivity index (χ0v) is 15.2. The van der Waals surface area contributed by atoms with Crippen LogP contribution in [0.2, 0.25) is 0 Å². The summed E-state index contributed by atoms with van der Waals surface area (Å²) in [7, 11) is 0. The first kappa shape index (κ1) is 16.4. The quantitative estimate of drug-likeness (QED) is 0.272. The summed E-state index contributed by atoms with van der Waals surface area (Å²) in [6, 6.07) is 34.9. The second-order valence-corrected chi connectivity index (χ2v) is 6.18. The first-order valence-corrected chi connectivity index (χ1v) is 9.31. The molecule has 0 heterocycles. The molecule has 0 heteroatoms. The number of benzene rings is 4. The van der Waals surface area contributed by atoms with Gasteiger partial charge >= 0.3 is 0 Å². The third-order valence-electron chi connectivity index (χ3n) is 4.87. The molecule has 0 saturated carbocycles. The summed E-state index contributed by atoms with van der Waals surface area (Å²) in [5.74, 6) is 0. The topological polar surface area (TPSA) is 0 Å². The van der Waals surface area contributed by atoms with Gasteiger partial charge in [-0.1, -0.05) is 111 Å². The Morgan fingerprint density at radius 3 is 0.500 bits per heavy atom. The van der Waals surface area contributed by atoms with Crippen LogP contribution in [-0.2, 0) is 0 Å². The maximum absolute atomic E-state index is 2.24. The summed E-state index contributed by atoms with van der Waals surface area (Å²) in [5, 5.41) is 0. The molecule has 1 aliphatic carbocycles. The van der Waals surface area contributed by atoms with Crippen molar-refractivity contribution in [1.29, 1.82) is 0 Å². The minimum atomic E-state index is 1.30. The summed E-state index contributed by atoms with van der Waals surface area (Å²) in [5.41, 5.74) is 10.4. The third kappa shape index (κ3) is 2.55. The van der Waals surface area contributed by atoms with E-state index in [0.29, 0.717) is 0 Å². The average molecular weight is 334 g/mol. The molecule has 26 heavy (non-hydrogen) atoms. The molecule has 4 aromatic rings. The molecule has 0 aromatic heterocycles. The molecule has 5 rings (SSSR count). The van der Waals surface area contributed by atoms with Crippen LogP contribution in [0.25, 0.3) is 44.5 Å². The van der Waals surface area contributed by atoms with Crippen molar-refractivity contribution in [3.05, 3.63) is 97.1 Å². The number of fused-ring (bicyclic) bond motifs is 8. The van der Waals surface area contributed by atoms with Gasteiger partial charge in [-0.25, -0.2) is 0 Å². The van der Waals surface area contributed by atoms with E-state index in [-0.39, 0.29) is 0 Å². The Labute approximate surface area is 155 Å². The van der Waals surface area contributed by atoms with Crippen LogP contribution in [0.15, 0.2) is 97.1 Å². The third-order valence-corrected chi connectivity index (χ3v) is 4.87. The summed E-state index contributed by atoms with van der Waals surface area (Å²) < 4.78 is 0. The first-order chi connectivity index (χ1) is 12.9. The molecule has 0 nitrogen and oxygen atoms in total. The zero-order chi connectivity index (χ0) is 17.9. The van der Waals surface area contributed by atoms with Gasteiger partial charge in [0.1, 0.15) is 0 Å². The fourth-order valence-corrected chi connectivity index (χ4v) is 3.81. The standard InChI is InChI=1S/C24H16.C2H6/c1-2-10-18-17(9-1)19-11-3-4-13-21(19)23-15-7-8-16-24(23)22-14-6-5-12-20(18)22;1-2/h1-16H;1-2H3. The van der Waals surface area contributed by atoms with Crippen molar-refractivity contribution in [3.63, 3.8) is 0 Å². The largest absolute Gasteiger partial charge is 0.0683 e. The number of hydrogen-bond donors (Lipinski definition) is 0. The van der Waals surface area contributed by atoms with Crippen molar-refractivity contribution in [2.75, 3.05) is 0 Å². The molecule has 0 amide bonds. The molecule has 126 valence electrons. The molecule has 0 aliphatic heterocycles. The molecule has 4 aromatic carbocycles. The van der Waals surface area contributed by atoms with Crippen LogP contribution in [0, 0.1) is 0 Å². The Kier molecular flexibility index (Phi) is 4.41. The summed E-state index contributed by atoms with van der Waals surface area (Å²) in [6.45, 7) is 4.00. The Hall–Kier alpha value is -3.12. The van der Waals surface area contributed by atoms with Crippen molar-refractivity contribution in [2.45, 2.75) is 13.8 Å². The zero-order valence-electron chi connectivity index (χ0n) is 15.2. The Morgan fingerprint density at radius 1 is 0.269 bits per heavy atom. The van der Waals surface area contributed by atoms with Gasteiger partial charge in [-0.2, -0.15) is 0 Å². The Bertz CT molecular complexity index is 769. The lowest BCUT2D eigenvalue weighted by Gasteiger charge is -2.22. The van der Waals surface area contributed by atoms with Crippen molar-refractivity contribution in [1.82, 2.24) is 0 Å². The van der Waals surface area contributed by atoms with E-state index >= 15 is 0 Å². The van der Waals surface area contributed by atoms with E-state index in [1.807, 2.05) is 13.8 Å². The van der Waals surface area contributed by atoms with Crippen molar-refractivity contribution in [2.24, 2.45) is 0 Å². The van der Waals surface area contributed by atoms with Crippen LogP contribution >= 0.6 is 0 Å². The van der Waals surface area contributed by atoms with Crippen molar-refractivity contribution >= 4 is 0 Å². The van der Waals surface area contributed by atoms with Gasteiger partial charge in [0.15, 0.2) is 0 Å². The fraction of sp³-hybridized carbons (Fsp3) is 0.0769. The van der Waals surface area contributed by atoms with Gasteiger partial charge < -0.3 is 0 Å². The van der Waals surface area contributed by atoms with Crippen molar-refractivity contribution in [3.8, 4) is 44.5 Å². The molecular formula is C26H22. The molecule has 0 unspecified atom stereocenters. The van der Waals surface area contributed by atoms with Crippen molar-refractivity contribution < 1.29 is 0 Å². The molecule has 1 aliphatic rings. The van der Waals surface area contributed by atoms with E-state index in [2.05, 4.69) is 97.1 Å². The lowest BCUT2D eigenvalue weighted by atomic mass is 9.81. The fourth-order valence-electron chi connectivity index (χ4n) is 3.81. The van der Waals surface area contributed by atoms with Crippen LogP contribution in [-0.4, -0.2) is 0 Å². The molecule has 0 bridgehead atoms. The predicted octanol–water partition coefficient (Wildman–Crippen LogP) is 7.69. The Morgan fingerprint density at radius 2 is 0.385 bits per heavy atom. The second-order valence-electron chi connectivity index (χ2n) is 6.18. The Balaban J connectivity index is 0.000000814. The van der Waals surface area contributed by atoms with Gasteiger partial charge in [0, 0.05) is 0 Å². The maximum atomic E-state index is 2.24. The summed E-state index contributed by atoms with van der Waals surface area (Å²) in [6.07, 6.45) is 0. The van der Waals surface area contributed by atoms with Gasteiger partial charge in [-0.15, -0.1) is 0 Å². The van der Waals surface area contributed by atoms with E-state index in [1.54, 1.807) is 0 Å². The first-order valence-electron chi connectivity index (χ1n) is 9.31. The van der Waals surface area contributed by atoms with E-state index in [4.69, 9.17) is 0 Å². The molecule has 0 spiro atoms. The van der Waals surface area contributed by atoms with Crippen LogP contribution < -0.4 is 0 Å². The lowest BCUT2D eigenvalue weighted by molar-refractivity contribution is 1.50. The highest BCUT2D eigenvalue weighted by Crippen LogP contribution is 2.46. The number of hydrogen-bond acceptors (Lipinski definition) is 0. The highest BCUT2D eigenvalue weighted by molar-refractivity contribution is 6.02. The maximum Gasteiger partial charge on any atom is -0.00990 e. The van der Waals surface area contributed by atoms with Crippen LogP contribution in [0.1, 0.15) is 13.8 Å². The molecule has 0 fully saturated rings. The van der Waals surface area contributed by atoms with E-state index in [0.717, 1.165) is 0 Å². The van der Waals surface area contributed by atoms with Gasteiger partial charge in [-0.05, 0) is 44.5 Å². The van der Waals surface area contributed by atoms with Crippen LogP contribution in [0.4, 0.5) is 0 Å². The molecule has 0 saturated heterocycles. The minimum absolute atomic E-state index is 1.30. The molecular weight excluding hydrogens is 312 g/mol. The predicted molar refractivity (Wildman–Crippen MR) is 113 cm³/mol. The lowest BCUT2D eigenvalue weighted by Crippen LogP contribution is -1.96. The normalized spacial score (nSPS) is 10.7. The van der Waals surface area contributed by atoms with E-state index < -0.39 is 0 Å². The SMILES string of the molecule is CC.c1ccc2c(c1)-c1ccccc1-c1ccccc1-c1ccccc1-2. The van der Waals surface area contributed by atoms with Gasteiger partial charge in [0.2, 0.25) is 0 Å². The molecule has 0 radical (unpaired) electrons. The number of rotatable bonds is 0. The highest BCUT2D eigenvalue weighted by Gasteiger charge is 2.20. The minimum Gasteiger partial charge on any atom is -0.0683 e. The van der Waals surface area contributed by atoms with Gasteiger partial charge in [-0.3, -0.25) is 0 Å². The molecule has 0 N–H and O–H groups in total. The smallest absolute Gasteiger partial charge is 0.00990 e. The molecule has 0 atom stereocenters. The average Bonchev–Trinajstić information content (AvgIpc) is 2.74. The van der Waals surface area contributed by atoms with E-state index in [1.165, 1.54) is 44.5 Å². The monoisotopic (exact) mass is 334 g/mol. The van der Waals surface area contributed by atoms with Gasteiger partial charge in [0.05, 0.1) is 0 Å². The summed E-state index contributed by atoms with van der Waals surface area (Å²) in [4.78, 5) is 0. The summed E-state index contributed by atoms with van der Waals surface area (Å²) >= 11 is 0.